The monoisotopic (exact) mass is 491 g/mol. The quantitative estimate of drug-likeness (QED) is 0.437. The average molecular weight is 493 g/mol. The lowest BCUT2D eigenvalue weighted by molar-refractivity contribution is -0.121. The molecule has 1 aliphatic rings. The summed E-state index contributed by atoms with van der Waals surface area (Å²) >= 11 is 9.08. The number of halogens is 2. The number of rotatable bonds is 8. The molecule has 2 aromatic carbocycles. The molecule has 30 heavy (non-hydrogen) atoms. The van der Waals surface area contributed by atoms with Crippen LogP contribution in [0.3, 0.4) is 0 Å². The van der Waals surface area contributed by atoms with Crippen molar-refractivity contribution in [2.45, 2.75) is 12.8 Å². The molecule has 0 bridgehead atoms. The zero-order chi connectivity index (χ0) is 21.7. The van der Waals surface area contributed by atoms with Gasteiger partial charge in [0.15, 0.2) is 0 Å². The van der Waals surface area contributed by atoms with E-state index in [0.717, 1.165) is 9.37 Å². The van der Waals surface area contributed by atoms with Crippen molar-refractivity contribution in [3.8, 4) is 0 Å². The van der Waals surface area contributed by atoms with Gasteiger partial charge in [-0.25, -0.2) is 0 Å². The molecule has 7 nitrogen and oxygen atoms in total. The second-order valence-corrected chi connectivity index (χ2v) is 8.02. The van der Waals surface area contributed by atoms with E-state index in [0.29, 0.717) is 28.1 Å². The zero-order valence-electron chi connectivity index (χ0n) is 15.9. The van der Waals surface area contributed by atoms with Crippen LogP contribution in [0.4, 0.5) is 0 Å². The summed E-state index contributed by atoms with van der Waals surface area (Å²) in [6.07, 6.45) is 0.526. The highest BCUT2D eigenvalue weighted by Crippen LogP contribution is 2.26. The number of carbonyl (C=O) groups is 4. The van der Waals surface area contributed by atoms with E-state index in [4.69, 9.17) is 11.6 Å². The predicted octanol–water partition coefficient (Wildman–Crippen LogP) is 3.02. The molecule has 2 aromatic rings. The number of hydrogen-bond donors (Lipinski definition) is 2. The van der Waals surface area contributed by atoms with Gasteiger partial charge in [0.05, 0.1) is 11.1 Å². The number of nitrogens with zero attached hydrogens (tertiary/aromatic N) is 1. The van der Waals surface area contributed by atoms with Crippen molar-refractivity contribution in [1.29, 1.82) is 0 Å². The molecule has 0 unspecified atom stereocenters. The number of imide groups is 1. The van der Waals surface area contributed by atoms with Gasteiger partial charge in [0, 0.05) is 41.1 Å². The van der Waals surface area contributed by atoms with Crippen molar-refractivity contribution in [3.63, 3.8) is 0 Å². The first-order chi connectivity index (χ1) is 14.4. The first-order valence-electron chi connectivity index (χ1n) is 9.33. The molecule has 0 atom stereocenters. The van der Waals surface area contributed by atoms with Gasteiger partial charge in [-0.1, -0.05) is 27.5 Å². The molecule has 9 heteroatoms. The lowest BCUT2D eigenvalue weighted by Gasteiger charge is -2.13. The Morgan fingerprint density at radius 1 is 0.933 bits per heavy atom. The molecule has 0 aliphatic carbocycles. The fourth-order valence-corrected chi connectivity index (χ4v) is 3.52. The molecule has 1 heterocycles. The Balaban J connectivity index is 1.35. The molecule has 0 radical (unpaired) electrons. The Bertz CT molecular complexity index is 994. The minimum absolute atomic E-state index is 0.169. The molecule has 1 aliphatic heterocycles. The van der Waals surface area contributed by atoms with Crippen LogP contribution >= 0.6 is 27.5 Å². The highest BCUT2D eigenvalue weighted by molar-refractivity contribution is 9.10. The SMILES string of the molecule is O=C(CCCN1C(=O)c2ccc(Br)cc2C1=O)NCCNC(=O)c1ccc(Cl)cc1. The number of hydrogen-bond acceptors (Lipinski definition) is 4. The maximum atomic E-state index is 12.4. The van der Waals surface area contributed by atoms with Crippen LogP contribution < -0.4 is 10.6 Å². The lowest BCUT2D eigenvalue weighted by atomic mass is 10.1. The second-order valence-electron chi connectivity index (χ2n) is 6.67. The molecular formula is C21H19BrClN3O4. The highest BCUT2D eigenvalue weighted by Gasteiger charge is 2.35. The fourth-order valence-electron chi connectivity index (χ4n) is 3.03. The summed E-state index contributed by atoms with van der Waals surface area (Å²) < 4.78 is 0.729. The van der Waals surface area contributed by atoms with Crippen LogP contribution in [-0.4, -0.2) is 48.2 Å². The smallest absolute Gasteiger partial charge is 0.261 e. The Morgan fingerprint density at radius 2 is 1.60 bits per heavy atom. The van der Waals surface area contributed by atoms with Crippen LogP contribution in [-0.2, 0) is 4.79 Å². The maximum Gasteiger partial charge on any atom is 0.261 e. The van der Waals surface area contributed by atoms with Crippen LogP contribution in [0, 0.1) is 0 Å². The molecule has 3 rings (SSSR count). The Hall–Kier alpha value is -2.71. The van der Waals surface area contributed by atoms with Gasteiger partial charge < -0.3 is 10.6 Å². The van der Waals surface area contributed by atoms with Gasteiger partial charge in [0.1, 0.15) is 0 Å². The van der Waals surface area contributed by atoms with E-state index in [9.17, 15) is 19.2 Å². The molecular weight excluding hydrogens is 474 g/mol. The summed E-state index contributed by atoms with van der Waals surface area (Å²) in [4.78, 5) is 49.8. The van der Waals surface area contributed by atoms with E-state index in [2.05, 4.69) is 26.6 Å². The Labute approximate surface area is 186 Å². The summed E-state index contributed by atoms with van der Waals surface area (Å²) in [5.74, 6) is -1.15. The first-order valence-corrected chi connectivity index (χ1v) is 10.5. The minimum atomic E-state index is -0.346. The van der Waals surface area contributed by atoms with Crippen molar-refractivity contribution < 1.29 is 19.2 Å². The lowest BCUT2D eigenvalue weighted by Crippen LogP contribution is -2.35. The van der Waals surface area contributed by atoms with Gasteiger partial charge in [0.25, 0.3) is 17.7 Å². The van der Waals surface area contributed by atoms with Gasteiger partial charge in [-0.2, -0.15) is 0 Å². The number of nitrogens with one attached hydrogen (secondary N) is 2. The zero-order valence-corrected chi connectivity index (χ0v) is 18.3. The number of fused-ring (bicyclic) bond motifs is 1. The largest absolute Gasteiger partial charge is 0.354 e. The maximum absolute atomic E-state index is 12.4. The molecule has 0 aromatic heterocycles. The van der Waals surface area contributed by atoms with Crippen LogP contribution in [0.5, 0.6) is 0 Å². The van der Waals surface area contributed by atoms with E-state index in [-0.39, 0.29) is 49.7 Å². The summed E-state index contributed by atoms with van der Waals surface area (Å²) in [5, 5.41) is 5.95. The van der Waals surface area contributed by atoms with E-state index in [1.807, 2.05) is 0 Å². The number of carbonyl (C=O) groups excluding carboxylic acids is 4. The first kappa shape index (κ1) is 22.0. The van der Waals surface area contributed by atoms with Crippen molar-refractivity contribution in [3.05, 3.63) is 68.7 Å². The third kappa shape index (κ3) is 5.25. The topological polar surface area (TPSA) is 95.6 Å². The molecule has 156 valence electrons. The number of benzene rings is 2. The van der Waals surface area contributed by atoms with Gasteiger partial charge in [0.2, 0.25) is 5.91 Å². The van der Waals surface area contributed by atoms with Crippen LogP contribution in [0.25, 0.3) is 0 Å². The fraction of sp³-hybridized carbons (Fsp3) is 0.238. The highest BCUT2D eigenvalue weighted by atomic mass is 79.9. The molecule has 0 spiro atoms. The van der Waals surface area contributed by atoms with Crippen molar-refractivity contribution in [2.24, 2.45) is 0 Å². The van der Waals surface area contributed by atoms with Crippen LogP contribution in [0.15, 0.2) is 46.9 Å². The van der Waals surface area contributed by atoms with E-state index < -0.39 is 0 Å². The summed E-state index contributed by atoms with van der Waals surface area (Å²) in [6.45, 7) is 0.727. The van der Waals surface area contributed by atoms with Gasteiger partial charge in [-0.3, -0.25) is 24.1 Å². The molecule has 4 amide bonds. The van der Waals surface area contributed by atoms with E-state index in [1.165, 1.54) is 0 Å². The van der Waals surface area contributed by atoms with Crippen LogP contribution in [0.2, 0.25) is 5.02 Å². The normalized spacial score (nSPS) is 12.7. The van der Waals surface area contributed by atoms with Crippen LogP contribution in [0.1, 0.15) is 43.9 Å². The molecule has 0 fully saturated rings. The average Bonchev–Trinajstić information content (AvgIpc) is 2.95. The Morgan fingerprint density at radius 3 is 2.33 bits per heavy atom. The second kappa shape index (κ2) is 9.86. The molecule has 0 saturated carbocycles. The predicted molar refractivity (Wildman–Crippen MR) is 116 cm³/mol. The van der Waals surface area contributed by atoms with Gasteiger partial charge >= 0.3 is 0 Å². The third-order valence-electron chi connectivity index (χ3n) is 4.56. The van der Waals surface area contributed by atoms with E-state index in [1.54, 1.807) is 42.5 Å². The minimum Gasteiger partial charge on any atom is -0.354 e. The molecule has 0 saturated heterocycles. The van der Waals surface area contributed by atoms with Gasteiger partial charge in [-0.15, -0.1) is 0 Å². The Kier molecular flexibility index (Phi) is 7.23. The van der Waals surface area contributed by atoms with Crippen molar-refractivity contribution >= 4 is 51.2 Å². The summed E-state index contributed by atoms with van der Waals surface area (Å²) in [7, 11) is 0. The van der Waals surface area contributed by atoms with Crippen molar-refractivity contribution in [2.75, 3.05) is 19.6 Å². The molecule has 2 N–H and O–H groups in total. The third-order valence-corrected chi connectivity index (χ3v) is 5.30. The van der Waals surface area contributed by atoms with Gasteiger partial charge in [-0.05, 0) is 48.9 Å². The number of amides is 4. The summed E-state index contributed by atoms with van der Waals surface area (Å²) in [6, 6.07) is 11.5. The standard InChI is InChI=1S/C21H19BrClN3O4/c22-14-5-8-16-17(12-14)21(30)26(20(16)29)11-1-2-18(27)24-9-10-25-19(28)13-3-6-15(23)7-4-13/h3-8,12H,1-2,9-11H2,(H,24,27)(H,25,28). The van der Waals surface area contributed by atoms with E-state index >= 15 is 0 Å². The van der Waals surface area contributed by atoms with Crippen molar-refractivity contribution in [1.82, 2.24) is 15.5 Å². The summed E-state index contributed by atoms with van der Waals surface area (Å²) in [5.41, 5.74) is 1.23.